The van der Waals surface area contributed by atoms with Crippen LogP contribution in [-0.2, 0) is 12.8 Å². The van der Waals surface area contributed by atoms with Gasteiger partial charge in [-0.1, -0.05) is 12.1 Å². The zero-order valence-electron chi connectivity index (χ0n) is 17.6. The second-order valence-corrected chi connectivity index (χ2v) is 8.01. The number of nitrogens with one attached hydrogen (secondary N) is 1. The number of ether oxygens (including phenoxy) is 1. The Bertz CT molecular complexity index is 1260. The normalized spacial score (nSPS) is 16.4. The highest BCUT2D eigenvalue weighted by molar-refractivity contribution is 5.85. The monoisotopic (exact) mass is 453 g/mol. The molecule has 6 nitrogen and oxygen atoms in total. The average molecular weight is 453 g/mol. The van der Waals surface area contributed by atoms with E-state index in [1.54, 1.807) is 6.20 Å². The maximum absolute atomic E-state index is 12.7. The number of aromatic nitrogens is 3. The first-order chi connectivity index (χ1) is 15.9. The summed E-state index contributed by atoms with van der Waals surface area (Å²) in [4.78, 5) is 9.14. The Hall–Kier alpha value is -3.59. The molecule has 0 spiro atoms. The molecule has 2 aromatic heterocycles. The predicted octanol–water partition coefficient (Wildman–Crippen LogP) is 5.00. The molecular weight excluding hydrogens is 431 g/mol. The summed E-state index contributed by atoms with van der Waals surface area (Å²) in [7, 11) is 0. The molecule has 1 aliphatic heterocycles. The topological polar surface area (TPSA) is 77.5 Å². The van der Waals surface area contributed by atoms with Crippen LogP contribution in [0.3, 0.4) is 0 Å². The first kappa shape index (κ1) is 21.3. The van der Waals surface area contributed by atoms with Gasteiger partial charge >= 0.3 is 6.18 Å². The molecule has 1 fully saturated rings. The number of rotatable bonds is 5. The van der Waals surface area contributed by atoms with E-state index in [2.05, 4.69) is 10.3 Å². The fourth-order valence-corrected chi connectivity index (χ4v) is 4.10. The van der Waals surface area contributed by atoms with E-state index in [0.717, 1.165) is 54.1 Å². The number of alkyl halides is 3. The summed E-state index contributed by atoms with van der Waals surface area (Å²) >= 11 is 0. The lowest BCUT2D eigenvalue weighted by molar-refractivity contribution is -0.137. The first-order valence-corrected chi connectivity index (χ1v) is 10.7. The molecule has 0 aliphatic carbocycles. The first-order valence-electron chi connectivity index (χ1n) is 10.7. The maximum atomic E-state index is 12.7. The highest BCUT2D eigenvalue weighted by atomic mass is 19.4. The van der Waals surface area contributed by atoms with Gasteiger partial charge < -0.3 is 15.8 Å². The lowest BCUT2D eigenvalue weighted by Crippen LogP contribution is -2.15. The van der Waals surface area contributed by atoms with Crippen molar-refractivity contribution in [3.8, 4) is 17.0 Å². The van der Waals surface area contributed by atoms with Crippen LogP contribution in [0.4, 0.5) is 19.0 Å². The quantitative estimate of drug-likeness (QED) is 0.445. The number of nitrogens with two attached hydrogens (primary N) is 1. The summed E-state index contributed by atoms with van der Waals surface area (Å²) in [6.07, 6.45) is 1.31. The number of hydrogen-bond acceptors (Lipinski definition) is 5. The van der Waals surface area contributed by atoms with Crippen LogP contribution in [-0.4, -0.2) is 20.9 Å². The number of halogens is 3. The minimum atomic E-state index is -4.35. The molecule has 33 heavy (non-hydrogen) atoms. The second-order valence-electron chi connectivity index (χ2n) is 8.01. The zero-order valence-corrected chi connectivity index (χ0v) is 17.6. The van der Waals surface area contributed by atoms with Crippen LogP contribution in [0.1, 0.15) is 35.8 Å². The zero-order chi connectivity index (χ0) is 23.0. The Morgan fingerprint density at radius 1 is 1.09 bits per heavy atom. The molecule has 1 atom stereocenters. The summed E-state index contributed by atoms with van der Waals surface area (Å²) in [5.41, 5.74) is 8.56. The molecule has 1 saturated heterocycles. The number of nitrogens with zero attached hydrogens (tertiary/aromatic N) is 3. The van der Waals surface area contributed by atoms with Crippen molar-refractivity contribution in [2.75, 3.05) is 12.3 Å². The van der Waals surface area contributed by atoms with Crippen LogP contribution in [0, 0.1) is 0 Å². The van der Waals surface area contributed by atoms with Gasteiger partial charge in [0.1, 0.15) is 35.2 Å². The third kappa shape index (κ3) is 4.23. The molecule has 0 bridgehead atoms. The van der Waals surface area contributed by atoms with Gasteiger partial charge in [0.05, 0.1) is 11.6 Å². The van der Waals surface area contributed by atoms with E-state index in [-0.39, 0.29) is 12.6 Å². The Labute approximate surface area is 188 Å². The second kappa shape index (κ2) is 8.40. The van der Waals surface area contributed by atoms with E-state index in [4.69, 9.17) is 15.5 Å². The fraction of sp³-hybridized carbons (Fsp3) is 0.250. The summed E-state index contributed by atoms with van der Waals surface area (Å²) in [5.74, 6) is 1.92. The molecule has 1 aliphatic rings. The molecular formula is C24H22F3N5O. The van der Waals surface area contributed by atoms with Crippen molar-refractivity contribution in [1.82, 2.24) is 19.7 Å². The molecule has 0 radical (unpaired) electrons. The van der Waals surface area contributed by atoms with Crippen molar-refractivity contribution < 1.29 is 17.9 Å². The smallest absolute Gasteiger partial charge is 0.416 e. The van der Waals surface area contributed by atoms with Crippen molar-refractivity contribution in [1.29, 1.82) is 0 Å². The third-order valence-electron chi connectivity index (χ3n) is 5.80. The van der Waals surface area contributed by atoms with Gasteiger partial charge in [0.15, 0.2) is 0 Å². The van der Waals surface area contributed by atoms with E-state index in [9.17, 15) is 13.2 Å². The van der Waals surface area contributed by atoms with E-state index in [1.807, 2.05) is 34.9 Å². The van der Waals surface area contributed by atoms with Gasteiger partial charge in [-0.3, -0.25) is 4.40 Å². The van der Waals surface area contributed by atoms with Crippen molar-refractivity contribution in [2.24, 2.45) is 0 Å². The Morgan fingerprint density at radius 3 is 2.52 bits per heavy atom. The Kier molecular flexibility index (Phi) is 5.41. The Morgan fingerprint density at radius 2 is 1.85 bits per heavy atom. The molecule has 9 heteroatoms. The highest BCUT2D eigenvalue weighted by Gasteiger charge is 2.30. The Balaban J connectivity index is 1.36. The molecule has 0 unspecified atom stereocenters. The van der Waals surface area contributed by atoms with Crippen LogP contribution >= 0.6 is 0 Å². The van der Waals surface area contributed by atoms with Crippen LogP contribution in [0.2, 0.25) is 0 Å². The van der Waals surface area contributed by atoms with E-state index >= 15 is 0 Å². The fourth-order valence-electron chi connectivity index (χ4n) is 4.10. The number of fused-ring (bicyclic) bond motifs is 1. The lowest BCUT2D eigenvalue weighted by Gasteiger charge is -2.09. The van der Waals surface area contributed by atoms with Crippen LogP contribution in [0.25, 0.3) is 16.8 Å². The summed E-state index contributed by atoms with van der Waals surface area (Å²) < 4.78 is 45.9. The molecule has 2 aromatic carbocycles. The molecule has 5 rings (SSSR count). The van der Waals surface area contributed by atoms with Crippen molar-refractivity contribution in [2.45, 2.75) is 31.7 Å². The van der Waals surface area contributed by atoms with Crippen molar-refractivity contribution >= 4 is 11.3 Å². The van der Waals surface area contributed by atoms with Crippen LogP contribution < -0.4 is 15.8 Å². The summed E-state index contributed by atoms with van der Waals surface area (Å²) in [6, 6.07) is 12.5. The number of anilines is 1. The van der Waals surface area contributed by atoms with Gasteiger partial charge in [-0.15, -0.1) is 0 Å². The number of hydrogen-bond donors (Lipinski definition) is 2. The molecule has 3 N–H and O–H groups in total. The summed E-state index contributed by atoms with van der Waals surface area (Å²) in [5, 5.41) is 3.48. The SMILES string of the molecule is Nc1nccn2c([C@@H]3CCCN3)nc(-c3ccc(OCc4ccc(C(F)(F)F)cc4)cc3)c12. The standard InChI is InChI=1S/C24H22F3N5O/c25-24(26,27)17-7-3-15(4-8-17)14-33-18-9-5-16(6-10-18)20-21-22(28)30-12-13-32(21)23(31-20)19-2-1-11-29-19/h3-10,12-13,19,29H,1-2,11,14H2,(H2,28,30)/t19-/m0/s1. The number of benzene rings is 2. The molecule has 0 amide bonds. The maximum Gasteiger partial charge on any atom is 0.416 e. The molecule has 3 heterocycles. The average Bonchev–Trinajstić information content (AvgIpc) is 3.46. The molecule has 4 aromatic rings. The number of imidazole rings is 1. The van der Waals surface area contributed by atoms with Crippen LogP contribution in [0.5, 0.6) is 5.75 Å². The minimum absolute atomic E-state index is 0.166. The van der Waals surface area contributed by atoms with E-state index < -0.39 is 11.7 Å². The molecule has 0 saturated carbocycles. The highest BCUT2D eigenvalue weighted by Crippen LogP contribution is 2.33. The van der Waals surface area contributed by atoms with Gasteiger partial charge in [-0.2, -0.15) is 13.2 Å². The van der Waals surface area contributed by atoms with Gasteiger partial charge in [0.2, 0.25) is 0 Å². The predicted molar refractivity (Wildman–Crippen MR) is 119 cm³/mol. The van der Waals surface area contributed by atoms with Gasteiger partial charge in [0.25, 0.3) is 0 Å². The van der Waals surface area contributed by atoms with Crippen molar-refractivity contribution in [3.63, 3.8) is 0 Å². The largest absolute Gasteiger partial charge is 0.489 e. The van der Waals surface area contributed by atoms with Gasteiger partial charge in [-0.05, 0) is 61.3 Å². The van der Waals surface area contributed by atoms with Crippen molar-refractivity contribution in [3.05, 3.63) is 77.9 Å². The van der Waals surface area contributed by atoms with Crippen LogP contribution in [0.15, 0.2) is 60.9 Å². The lowest BCUT2D eigenvalue weighted by atomic mass is 10.1. The van der Waals surface area contributed by atoms with Gasteiger partial charge in [-0.25, -0.2) is 9.97 Å². The van der Waals surface area contributed by atoms with Gasteiger partial charge in [0, 0.05) is 18.0 Å². The minimum Gasteiger partial charge on any atom is -0.489 e. The third-order valence-corrected chi connectivity index (χ3v) is 5.80. The van der Waals surface area contributed by atoms with E-state index in [0.29, 0.717) is 17.1 Å². The summed E-state index contributed by atoms with van der Waals surface area (Å²) in [6.45, 7) is 1.12. The molecule has 170 valence electrons. The number of nitrogen functional groups attached to an aromatic ring is 1. The van der Waals surface area contributed by atoms with E-state index in [1.165, 1.54) is 12.1 Å².